The molecule has 2 N–H and O–H groups in total. The summed E-state index contributed by atoms with van der Waals surface area (Å²) in [5, 5.41) is 0. The van der Waals surface area contributed by atoms with Crippen LogP contribution in [0, 0.1) is 11.8 Å². The van der Waals surface area contributed by atoms with Crippen molar-refractivity contribution in [2.24, 2.45) is 17.6 Å². The van der Waals surface area contributed by atoms with Gasteiger partial charge in [0.1, 0.15) is 0 Å². The van der Waals surface area contributed by atoms with Gasteiger partial charge in [0, 0.05) is 11.8 Å². The second-order valence-electron chi connectivity index (χ2n) is 4.44. The Hall–Kier alpha value is 0.310. The maximum atomic E-state index is 6.28. The third-order valence-corrected chi connectivity index (χ3v) is 4.59. The van der Waals surface area contributed by atoms with Crippen LogP contribution in [0.2, 0.25) is 0 Å². The maximum Gasteiger partial charge on any atom is 0.0161 e. The topological polar surface area (TPSA) is 26.0 Å². The molecular weight excluding hydrogens is 190 g/mol. The van der Waals surface area contributed by atoms with Crippen molar-refractivity contribution < 1.29 is 0 Å². The van der Waals surface area contributed by atoms with Crippen LogP contribution in [0.5, 0.6) is 0 Å². The van der Waals surface area contributed by atoms with Gasteiger partial charge in [-0.1, -0.05) is 39.5 Å². The highest BCUT2D eigenvalue weighted by atomic mass is 32.2. The van der Waals surface area contributed by atoms with Crippen LogP contribution in [0.3, 0.4) is 0 Å². The molecule has 0 aromatic heterocycles. The predicted molar refractivity (Wildman–Crippen MR) is 66.7 cm³/mol. The molecule has 1 nitrogen and oxygen atoms in total. The van der Waals surface area contributed by atoms with E-state index in [9.17, 15) is 0 Å². The second kappa shape index (κ2) is 6.73. The summed E-state index contributed by atoms with van der Waals surface area (Å²) in [6.45, 7) is 4.54. The van der Waals surface area contributed by atoms with Crippen molar-refractivity contribution >= 4 is 11.8 Å². The highest BCUT2D eigenvalue weighted by Gasteiger charge is 2.28. The summed E-state index contributed by atoms with van der Waals surface area (Å²) in [6, 6.07) is 0.449. The number of rotatable bonds is 5. The van der Waals surface area contributed by atoms with Gasteiger partial charge in [0.25, 0.3) is 0 Å². The largest absolute Gasteiger partial charge is 0.327 e. The Bertz CT molecular complexity index is 149. The summed E-state index contributed by atoms with van der Waals surface area (Å²) in [5.74, 6) is 4.10. The first kappa shape index (κ1) is 12.4. The van der Waals surface area contributed by atoms with Crippen molar-refractivity contribution in [2.75, 3.05) is 11.5 Å². The van der Waals surface area contributed by atoms with Crippen molar-refractivity contribution in [3.8, 4) is 0 Å². The fourth-order valence-electron chi connectivity index (χ4n) is 2.68. The van der Waals surface area contributed by atoms with E-state index in [1.54, 1.807) is 0 Å². The van der Waals surface area contributed by atoms with Crippen LogP contribution < -0.4 is 5.73 Å². The van der Waals surface area contributed by atoms with Crippen LogP contribution in [0.15, 0.2) is 0 Å². The van der Waals surface area contributed by atoms with Gasteiger partial charge in [0.15, 0.2) is 0 Å². The van der Waals surface area contributed by atoms with Gasteiger partial charge in [-0.2, -0.15) is 11.8 Å². The minimum atomic E-state index is 0.449. The van der Waals surface area contributed by atoms with Gasteiger partial charge >= 0.3 is 0 Å². The molecular formula is C12H25NS. The smallest absolute Gasteiger partial charge is 0.0161 e. The molecule has 3 unspecified atom stereocenters. The molecule has 0 bridgehead atoms. The third-order valence-electron chi connectivity index (χ3n) is 3.56. The molecule has 1 fully saturated rings. The first-order chi connectivity index (χ1) is 6.79. The predicted octanol–water partition coefficient (Wildman–Crippen LogP) is 3.28. The second-order valence-corrected chi connectivity index (χ2v) is 5.76. The minimum absolute atomic E-state index is 0.449. The molecule has 0 aromatic carbocycles. The Morgan fingerprint density at radius 1 is 1.29 bits per heavy atom. The molecule has 0 heterocycles. The molecule has 84 valence electrons. The van der Waals surface area contributed by atoms with Crippen molar-refractivity contribution in [1.82, 2.24) is 0 Å². The van der Waals surface area contributed by atoms with Gasteiger partial charge in [-0.05, 0) is 24.0 Å². The minimum Gasteiger partial charge on any atom is -0.327 e. The van der Waals surface area contributed by atoms with E-state index in [0.717, 1.165) is 17.6 Å². The first-order valence-electron chi connectivity index (χ1n) is 6.12. The van der Waals surface area contributed by atoms with Gasteiger partial charge < -0.3 is 5.73 Å². The number of hydrogen-bond acceptors (Lipinski definition) is 2. The summed E-state index contributed by atoms with van der Waals surface area (Å²) in [4.78, 5) is 0. The molecule has 0 spiro atoms. The van der Waals surface area contributed by atoms with Gasteiger partial charge in [-0.15, -0.1) is 0 Å². The normalized spacial score (nSPS) is 30.2. The van der Waals surface area contributed by atoms with Gasteiger partial charge in [0.2, 0.25) is 0 Å². The van der Waals surface area contributed by atoms with Crippen molar-refractivity contribution in [3.05, 3.63) is 0 Å². The van der Waals surface area contributed by atoms with E-state index in [4.69, 9.17) is 5.73 Å². The monoisotopic (exact) mass is 215 g/mol. The Morgan fingerprint density at radius 2 is 2.00 bits per heavy atom. The van der Waals surface area contributed by atoms with Crippen LogP contribution in [-0.2, 0) is 0 Å². The number of thioether (sulfide) groups is 1. The lowest BCUT2D eigenvalue weighted by atomic mass is 9.75. The van der Waals surface area contributed by atoms with Crippen molar-refractivity contribution in [1.29, 1.82) is 0 Å². The third kappa shape index (κ3) is 3.47. The zero-order valence-electron chi connectivity index (χ0n) is 9.67. The summed E-state index contributed by atoms with van der Waals surface area (Å²) >= 11 is 2.00. The summed E-state index contributed by atoms with van der Waals surface area (Å²) < 4.78 is 0. The Morgan fingerprint density at radius 3 is 2.64 bits per heavy atom. The van der Waals surface area contributed by atoms with E-state index in [0.29, 0.717) is 6.04 Å². The van der Waals surface area contributed by atoms with Crippen LogP contribution in [0.4, 0.5) is 0 Å². The fraction of sp³-hybridized carbons (Fsp3) is 1.00. The van der Waals surface area contributed by atoms with E-state index in [2.05, 4.69) is 13.8 Å². The molecule has 0 aromatic rings. The Balaban J connectivity index is 2.37. The number of hydrogen-bond donors (Lipinski definition) is 1. The number of nitrogens with two attached hydrogens (primary N) is 1. The van der Waals surface area contributed by atoms with Gasteiger partial charge in [-0.3, -0.25) is 0 Å². The van der Waals surface area contributed by atoms with Crippen LogP contribution >= 0.6 is 11.8 Å². The summed E-state index contributed by atoms with van der Waals surface area (Å²) in [6.07, 6.45) is 6.97. The zero-order chi connectivity index (χ0) is 10.4. The lowest BCUT2D eigenvalue weighted by Crippen LogP contribution is -2.38. The fourth-order valence-corrected chi connectivity index (χ4v) is 3.44. The highest BCUT2D eigenvalue weighted by molar-refractivity contribution is 7.99. The van der Waals surface area contributed by atoms with Gasteiger partial charge in [-0.25, -0.2) is 0 Å². The van der Waals surface area contributed by atoms with E-state index in [1.165, 1.54) is 37.9 Å². The Labute approximate surface area is 93.2 Å². The van der Waals surface area contributed by atoms with E-state index in [-0.39, 0.29) is 0 Å². The van der Waals surface area contributed by atoms with Crippen LogP contribution in [0.1, 0.15) is 46.0 Å². The quantitative estimate of drug-likeness (QED) is 0.761. The van der Waals surface area contributed by atoms with E-state index < -0.39 is 0 Å². The molecule has 3 atom stereocenters. The maximum absolute atomic E-state index is 6.28. The van der Waals surface area contributed by atoms with Crippen molar-refractivity contribution in [2.45, 2.75) is 52.0 Å². The molecule has 1 aliphatic rings. The van der Waals surface area contributed by atoms with Crippen LogP contribution in [0.25, 0.3) is 0 Å². The summed E-state index contributed by atoms with van der Waals surface area (Å²) in [5.41, 5.74) is 6.28. The molecule has 1 saturated carbocycles. The standard InChI is InChI=1S/C12H25NS/c1-3-10-7-5-6-8-11(10)12(13)9-14-4-2/h10-12H,3-9,13H2,1-2H3. The molecule has 14 heavy (non-hydrogen) atoms. The lowest BCUT2D eigenvalue weighted by Gasteiger charge is -2.35. The zero-order valence-corrected chi connectivity index (χ0v) is 10.5. The van der Waals surface area contributed by atoms with Gasteiger partial charge in [0.05, 0.1) is 0 Å². The van der Waals surface area contributed by atoms with Crippen molar-refractivity contribution in [3.63, 3.8) is 0 Å². The SMILES string of the molecule is CCSCC(N)C1CCCCC1CC. The average molecular weight is 215 g/mol. The molecule has 2 heteroatoms. The first-order valence-corrected chi connectivity index (χ1v) is 7.28. The van der Waals surface area contributed by atoms with E-state index >= 15 is 0 Å². The highest BCUT2D eigenvalue weighted by Crippen LogP contribution is 2.34. The molecule has 0 radical (unpaired) electrons. The average Bonchev–Trinajstić information content (AvgIpc) is 2.25. The Kier molecular flexibility index (Phi) is 5.95. The summed E-state index contributed by atoms with van der Waals surface area (Å²) in [7, 11) is 0. The lowest BCUT2D eigenvalue weighted by molar-refractivity contribution is 0.205. The molecule has 0 amide bonds. The van der Waals surface area contributed by atoms with E-state index in [1.807, 2.05) is 11.8 Å². The van der Waals surface area contributed by atoms with Crippen LogP contribution in [-0.4, -0.2) is 17.5 Å². The molecule has 1 aliphatic carbocycles. The molecule has 0 saturated heterocycles. The molecule has 1 rings (SSSR count). The molecule has 0 aliphatic heterocycles.